The third kappa shape index (κ3) is 3.85. The quantitative estimate of drug-likeness (QED) is 0.894. The predicted octanol–water partition coefficient (Wildman–Crippen LogP) is 1.69. The molecule has 1 amide bonds. The molecule has 2 aliphatic rings. The van der Waals surface area contributed by atoms with Gasteiger partial charge in [0, 0.05) is 45.5 Å². The third-order valence-corrected chi connectivity index (χ3v) is 5.05. The summed E-state index contributed by atoms with van der Waals surface area (Å²) in [4.78, 5) is 17.4. The average molecular weight is 354 g/mol. The van der Waals surface area contributed by atoms with Crippen LogP contribution in [0, 0.1) is 12.3 Å². The highest BCUT2D eigenvalue weighted by Crippen LogP contribution is 2.29. The number of hydrogen-bond acceptors (Lipinski definition) is 4. The highest BCUT2D eigenvalue weighted by atomic mass is 35.5. The Hall–Kier alpha value is -1.30. The SMILES string of the molecule is COCC1(C(=O)N2CCN(c3cccc(C)c3)CC2)CCNC1.Cl. The number of amides is 1. The maximum absolute atomic E-state index is 13.0. The molecule has 0 bridgehead atoms. The zero-order valence-electron chi connectivity index (χ0n) is 14.6. The Morgan fingerprint density at radius 1 is 1.29 bits per heavy atom. The lowest BCUT2D eigenvalue weighted by molar-refractivity contribution is -0.144. The molecule has 0 aliphatic carbocycles. The first-order valence-corrected chi connectivity index (χ1v) is 8.45. The number of benzene rings is 1. The smallest absolute Gasteiger partial charge is 0.232 e. The highest BCUT2D eigenvalue weighted by Gasteiger charge is 2.44. The molecule has 1 aromatic rings. The van der Waals surface area contributed by atoms with Crippen molar-refractivity contribution in [2.24, 2.45) is 5.41 Å². The van der Waals surface area contributed by atoms with E-state index in [2.05, 4.69) is 41.4 Å². The monoisotopic (exact) mass is 353 g/mol. The van der Waals surface area contributed by atoms with Gasteiger partial charge in [-0.15, -0.1) is 12.4 Å². The van der Waals surface area contributed by atoms with Crippen LogP contribution in [0.4, 0.5) is 5.69 Å². The fourth-order valence-electron chi connectivity index (χ4n) is 3.72. The standard InChI is InChI=1S/C18H27N3O2.ClH/c1-15-4-3-5-16(12-15)20-8-10-21(11-9-20)17(22)18(14-23-2)6-7-19-13-18;/h3-5,12,19H,6-11,13-14H2,1-2H3;1H. The summed E-state index contributed by atoms with van der Waals surface area (Å²) in [5.74, 6) is 0.258. The van der Waals surface area contributed by atoms with E-state index in [0.29, 0.717) is 6.61 Å². The molecule has 1 atom stereocenters. The number of rotatable bonds is 4. The number of aryl methyl sites for hydroxylation is 1. The Kier molecular flexibility index (Phi) is 6.49. The van der Waals surface area contributed by atoms with Gasteiger partial charge in [-0.25, -0.2) is 0 Å². The fourth-order valence-corrected chi connectivity index (χ4v) is 3.72. The Labute approximate surface area is 150 Å². The average Bonchev–Trinajstić information content (AvgIpc) is 3.04. The Balaban J connectivity index is 0.00000208. The summed E-state index contributed by atoms with van der Waals surface area (Å²) in [6, 6.07) is 8.58. The van der Waals surface area contributed by atoms with Crippen molar-refractivity contribution < 1.29 is 9.53 Å². The van der Waals surface area contributed by atoms with Crippen LogP contribution in [0.15, 0.2) is 24.3 Å². The largest absolute Gasteiger partial charge is 0.384 e. The van der Waals surface area contributed by atoms with Gasteiger partial charge in [0.2, 0.25) is 5.91 Å². The minimum Gasteiger partial charge on any atom is -0.384 e. The number of ether oxygens (including phenoxy) is 1. The zero-order valence-corrected chi connectivity index (χ0v) is 15.4. The second-order valence-corrected chi connectivity index (χ2v) is 6.76. The summed E-state index contributed by atoms with van der Waals surface area (Å²) in [6.45, 7) is 7.63. The molecule has 2 saturated heterocycles. The van der Waals surface area contributed by atoms with Gasteiger partial charge in [0.1, 0.15) is 0 Å². The van der Waals surface area contributed by atoms with Gasteiger partial charge in [0.15, 0.2) is 0 Å². The number of nitrogens with one attached hydrogen (secondary N) is 1. The Morgan fingerprint density at radius 3 is 2.62 bits per heavy atom. The lowest BCUT2D eigenvalue weighted by atomic mass is 9.86. The third-order valence-electron chi connectivity index (χ3n) is 5.05. The number of carbonyl (C=O) groups is 1. The second kappa shape index (κ2) is 8.19. The van der Waals surface area contributed by atoms with E-state index in [1.54, 1.807) is 7.11 Å². The molecule has 0 saturated carbocycles. The van der Waals surface area contributed by atoms with E-state index in [1.165, 1.54) is 11.3 Å². The first kappa shape index (κ1) is 19.0. The van der Waals surface area contributed by atoms with Gasteiger partial charge in [0.25, 0.3) is 0 Å². The van der Waals surface area contributed by atoms with Gasteiger partial charge < -0.3 is 19.9 Å². The van der Waals surface area contributed by atoms with Gasteiger partial charge in [-0.2, -0.15) is 0 Å². The van der Waals surface area contributed by atoms with Crippen molar-refractivity contribution in [2.75, 3.05) is 57.9 Å². The van der Waals surface area contributed by atoms with E-state index in [-0.39, 0.29) is 23.7 Å². The summed E-state index contributed by atoms with van der Waals surface area (Å²) >= 11 is 0. The second-order valence-electron chi connectivity index (χ2n) is 6.76. The van der Waals surface area contributed by atoms with Crippen LogP contribution in [0.3, 0.4) is 0 Å². The van der Waals surface area contributed by atoms with Crippen molar-refractivity contribution in [1.82, 2.24) is 10.2 Å². The zero-order chi connectivity index (χ0) is 16.3. The molecule has 1 unspecified atom stereocenters. The summed E-state index contributed by atoms with van der Waals surface area (Å²) < 4.78 is 5.35. The Bertz CT molecular complexity index is 553. The van der Waals surface area contributed by atoms with E-state index in [1.807, 2.05) is 4.90 Å². The minimum atomic E-state index is -0.361. The molecule has 134 valence electrons. The number of halogens is 1. The summed E-state index contributed by atoms with van der Waals surface area (Å²) in [5.41, 5.74) is 2.17. The van der Waals surface area contributed by atoms with Crippen LogP contribution in [0.5, 0.6) is 0 Å². The van der Waals surface area contributed by atoms with Crippen LogP contribution in [0.2, 0.25) is 0 Å². The molecule has 6 heteroatoms. The number of anilines is 1. The van der Waals surface area contributed by atoms with Gasteiger partial charge >= 0.3 is 0 Å². The van der Waals surface area contributed by atoms with Crippen molar-refractivity contribution >= 4 is 24.0 Å². The van der Waals surface area contributed by atoms with Crippen molar-refractivity contribution in [1.29, 1.82) is 0 Å². The van der Waals surface area contributed by atoms with Gasteiger partial charge in [-0.05, 0) is 37.6 Å². The van der Waals surface area contributed by atoms with Crippen molar-refractivity contribution in [3.63, 3.8) is 0 Å². The molecule has 5 nitrogen and oxygen atoms in total. The highest BCUT2D eigenvalue weighted by molar-refractivity contribution is 5.85. The molecule has 1 aromatic carbocycles. The summed E-state index contributed by atoms with van der Waals surface area (Å²) in [6.07, 6.45) is 0.873. The maximum atomic E-state index is 13.0. The van der Waals surface area contributed by atoms with E-state index in [9.17, 15) is 4.79 Å². The molecule has 2 heterocycles. The van der Waals surface area contributed by atoms with Crippen LogP contribution >= 0.6 is 12.4 Å². The molecular formula is C18H28ClN3O2. The van der Waals surface area contributed by atoms with Crippen LogP contribution in [0.25, 0.3) is 0 Å². The maximum Gasteiger partial charge on any atom is 0.232 e. The van der Waals surface area contributed by atoms with Crippen molar-refractivity contribution in [3.8, 4) is 0 Å². The first-order chi connectivity index (χ1) is 11.1. The predicted molar refractivity (Wildman–Crippen MR) is 99.0 cm³/mol. The van der Waals surface area contributed by atoms with Crippen molar-refractivity contribution in [2.45, 2.75) is 13.3 Å². The number of carbonyl (C=O) groups excluding carboxylic acids is 1. The van der Waals surface area contributed by atoms with Gasteiger partial charge in [0.05, 0.1) is 12.0 Å². The fraction of sp³-hybridized carbons (Fsp3) is 0.611. The summed E-state index contributed by atoms with van der Waals surface area (Å²) in [5, 5.41) is 3.32. The van der Waals surface area contributed by atoms with E-state index in [4.69, 9.17) is 4.74 Å². The number of piperazine rings is 1. The Morgan fingerprint density at radius 2 is 2.04 bits per heavy atom. The number of methoxy groups -OCH3 is 1. The molecule has 3 rings (SSSR count). The molecule has 0 radical (unpaired) electrons. The summed E-state index contributed by atoms with van der Waals surface area (Å²) in [7, 11) is 1.68. The van der Waals surface area contributed by atoms with Crippen LogP contribution < -0.4 is 10.2 Å². The van der Waals surface area contributed by atoms with E-state index in [0.717, 1.165) is 45.7 Å². The molecule has 0 aromatic heterocycles. The normalized spacial score (nSPS) is 23.9. The molecule has 2 fully saturated rings. The van der Waals surface area contributed by atoms with Gasteiger partial charge in [-0.1, -0.05) is 12.1 Å². The minimum absolute atomic E-state index is 0. The van der Waals surface area contributed by atoms with E-state index >= 15 is 0 Å². The molecule has 24 heavy (non-hydrogen) atoms. The first-order valence-electron chi connectivity index (χ1n) is 8.45. The molecule has 1 N–H and O–H groups in total. The van der Waals surface area contributed by atoms with Gasteiger partial charge in [-0.3, -0.25) is 4.79 Å². The van der Waals surface area contributed by atoms with Crippen molar-refractivity contribution in [3.05, 3.63) is 29.8 Å². The number of nitrogens with zero attached hydrogens (tertiary/aromatic N) is 2. The van der Waals surface area contributed by atoms with Crippen LogP contribution in [-0.2, 0) is 9.53 Å². The lowest BCUT2D eigenvalue weighted by Gasteiger charge is -2.40. The molecule has 2 aliphatic heterocycles. The van der Waals surface area contributed by atoms with Crippen LogP contribution in [0.1, 0.15) is 12.0 Å². The number of hydrogen-bond donors (Lipinski definition) is 1. The topological polar surface area (TPSA) is 44.8 Å². The van der Waals surface area contributed by atoms with Crippen LogP contribution in [-0.4, -0.2) is 63.8 Å². The molecular weight excluding hydrogens is 326 g/mol. The molecule has 0 spiro atoms. The van der Waals surface area contributed by atoms with E-state index < -0.39 is 0 Å². The lowest BCUT2D eigenvalue weighted by Crippen LogP contribution is -2.55.